The van der Waals surface area contributed by atoms with E-state index in [4.69, 9.17) is 3.87 Å². The van der Waals surface area contributed by atoms with Crippen molar-refractivity contribution >= 4 is 28.3 Å². The maximum atomic E-state index is 10.8. The first-order valence-electron chi connectivity index (χ1n) is 2.61. The van der Waals surface area contributed by atoms with Crippen molar-refractivity contribution in [2.45, 2.75) is 19.6 Å². The van der Waals surface area contributed by atoms with Gasteiger partial charge in [-0.15, -0.1) is 0 Å². The highest BCUT2D eigenvalue weighted by atomic mass is 32.8. The van der Waals surface area contributed by atoms with Crippen LogP contribution in [0.25, 0.3) is 0 Å². The molecule has 0 saturated heterocycles. The van der Waals surface area contributed by atoms with Gasteiger partial charge in [0.2, 0.25) is 8.32 Å². The third-order valence-electron chi connectivity index (χ3n) is 0.401. The molecular formula is C4H12O2S2Si. The van der Waals surface area contributed by atoms with E-state index < -0.39 is 17.1 Å². The Morgan fingerprint density at radius 3 is 1.78 bits per heavy atom. The molecule has 0 radical (unpaired) electrons. The summed E-state index contributed by atoms with van der Waals surface area (Å²) < 4.78 is 15.9. The summed E-state index contributed by atoms with van der Waals surface area (Å²) in [6.45, 7) is 5.88. The maximum Gasteiger partial charge on any atom is 0.205 e. The van der Waals surface area contributed by atoms with Crippen molar-refractivity contribution in [2.24, 2.45) is 0 Å². The van der Waals surface area contributed by atoms with Gasteiger partial charge < -0.3 is 3.87 Å². The molecule has 9 heavy (non-hydrogen) atoms. The first-order chi connectivity index (χ1) is 3.71. The van der Waals surface area contributed by atoms with Gasteiger partial charge in [0, 0.05) is 17.4 Å². The van der Waals surface area contributed by atoms with Gasteiger partial charge >= 0.3 is 0 Å². The van der Waals surface area contributed by atoms with Crippen molar-refractivity contribution in [3.8, 4) is 0 Å². The summed E-state index contributed by atoms with van der Waals surface area (Å²) in [5, 5.41) is 0. The van der Waals surface area contributed by atoms with Crippen molar-refractivity contribution in [3.63, 3.8) is 0 Å². The molecule has 1 atom stereocenters. The van der Waals surface area contributed by atoms with Gasteiger partial charge in [0.25, 0.3) is 0 Å². The SMILES string of the molecule is C[Si](C)(C)OS(C)(=O)=S. The van der Waals surface area contributed by atoms with Crippen molar-refractivity contribution in [1.29, 1.82) is 0 Å². The summed E-state index contributed by atoms with van der Waals surface area (Å²) >= 11 is 4.57. The molecule has 0 amide bonds. The second-order valence-electron chi connectivity index (χ2n) is 2.90. The minimum absolute atomic E-state index is 1.45. The van der Waals surface area contributed by atoms with Crippen LogP contribution in [-0.4, -0.2) is 18.8 Å². The Morgan fingerprint density at radius 2 is 1.78 bits per heavy atom. The number of rotatable bonds is 2. The average molecular weight is 184 g/mol. The van der Waals surface area contributed by atoms with E-state index in [1.54, 1.807) is 0 Å². The zero-order valence-corrected chi connectivity index (χ0v) is 8.77. The van der Waals surface area contributed by atoms with Gasteiger partial charge in [-0.25, -0.2) is 4.21 Å². The molecule has 56 valence electrons. The fraction of sp³-hybridized carbons (Fsp3) is 1.00. The van der Waals surface area contributed by atoms with Crippen LogP contribution in [0.15, 0.2) is 0 Å². The molecule has 0 aromatic rings. The van der Waals surface area contributed by atoms with E-state index in [9.17, 15) is 4.21 Å². The zero-order valence-electron chi connectivity index (χ0n) is 6.13. The summed E-state index contributed by atoms with van der Waals surface area (Å²) in [7, 11) is -4.06. The Hall–Kier alpha value is 0.547. The molecule has 2 nitrogen and oxygen atoms in total. The van der Waals surface area contributed by atoms with E-state index in [-0.39, 0.29) is 0 Å². The van der Waals surface area contributed by atoms with Gasteiger partial charge in [-0.2, -0.15) is 0 Å². The second-order valence-corrected chi connectivity index (χ2v) is 11.0. The van der Waals surface area contributed by atoms with E-state index in [1.807, 2.05) is 19.6 Å². The maximum absolute atomic E-state index is 10.8. The smallest absolute Gasteiger partial charge is 0.205 e. The normalized spacial score (nSPS) is 19.1. The fourth-order valence-electron chi connectivity index (χ4n) is 0.454. The Labute approximate surface area is 62.6 Å². The van der Waals surface area contributed by atoms with Gasteiger partial charge in [-0.1, -0.05) is 0 Å². The van der Waals surface area contributed by atoms with Crippen molar-refractivity contribution in [3.05, 3.63) is 0 Å². The van der Waals surface area contributed by atoms with Gasteiger partial charge in [-0.05, 0) is 19.6 Å². The predicted octanol–water partition coefficient (Wildman–Crippen LogP) is 1.13. The molecule has 0 heterocycles. The van der Waals surface area contributed by atoms with E-state index >= 15 is 0 Å². The molecule has 0 aromatic carbocycles. The standard InChI is InChI=1S/C4H12O2S2Si/c1-8(5,7)6-9(2,3)4/h1-4H3. The van der Waals surface area contributed by atoms with Gasteiger partial charge in [0.1, 0.15) is 8.77 Å². The van der Waals surface area contributed by atoms with Gasteiger partial charge in [-0.3, -0.25) is 0 Å². The highest BCUT2D eigenvalue weighted by molar-refractivity contribution is 8.30. The summed E-state index contributed by atoms with van der Waals surface area (Å²) in [6.07, 6.45) is 1.45. The molecule has 0 fully saturated rings. The number of hydrogen-bond donors (Lipinski definition) is 0. The molecule has 0 rings (SSSR count). The van der Waals surface area contributed by atoms with E-state index in [0.717, 1.165) is 0 Å². The summed E-state index contributed by atoms with van der Waals surface area (Å²) in [5.74, 6) is 0. The third-order valence-corrected chi connectivity index (χ3v) is 4.22. The van der Waals surface area contributed by atoms with Crippen LogP contribution in [0.1, 0.15) is 0 Å². The first kappa shape index (κ1) is 9.55. The monoisotopic (exact) mass is 184 g/mol. The van der Waals surface area contributed by atoms with Gasteiger partial charge in [0.15, 0.2) is 0 Å². The highest BCUT2D eigenvalue weighted by Crippen LogP contribution is 2.05. The highest BCUT2D eigenvalue weighted by Gasteiger charge is 2.18. The Balaban J connectivity index is 4.07. The summed E-state index contributed by atoms with van der Waals surface area (Å²) in [6, 6.07) is 0. The molecule has 0 bridgehead atoms. The topological polar surface area (TPSA) is 26.3 Å². The third kappa shape index (κ3) is 8.55. The average Bonchev–Trinajstić information content (AvgIpc) is 1.14. The minimum atomic E-state index is -2.39. The molecular weight excluding hydrogens is 172 g/mol. The van der Waals surface area contributed by atoms with Crippen LogP contribution in [-0.2, 0) is 23.8 Å². The largest absolute Gasteiger partial charge is 0.335 e. The first-order valence-corrected chi connectivity index (χ1v) is 8.84. The van der Waals surface area contributed by atoms with Crippen LogP contribution < -0.4 is 0 Å². The van der Waals surface area contributed by atoms with Crippen LogP contribution in [0.4, 0.5) is 0 Å². The second kappa shape index (κ2) is 2.65. The Morgan fingerprint density at radius 1 is 1.44 bits per heavy atom. The lowest BCUT2D eigenvalue weighted by Gasteiger charge is -2.15. The van der Waals surface area contributed by atoms with E-state index in [2.05, 4.69) is 11.2 Å². The lowest BCUT2D eigenvalue weighted by Crippen LogP contribution is -2.27. The van der Waals surface area contributed by atoms with Crippen LogP contribution in [0.3, 0.4) is 0 Å². The lowest BCUT2D eigenvalue weighted by atomic mass is 11.8. The van der Waals surface area contributed by atoms with Crippen molar-refractivity contribution in [2.75, 3.05) is 6.26 Å². The molecule has 0 aliphatic rings. The van der Waals surface area contributed by atoms with Crippen molar-refractivity contribution < 1.29 is 8.08 Å². The van der Waals surface area contributed by atoms with Crippen LogP contribution in [0, 0.1) is 0 Å². The summed E-state index contributed by atoms with van der Waals surface area (Å²) in [5.41, 5.74) is 0. The summed E-state index contributed by atoms with van der Waals surface area (Å²) in [4.78, 5) is 0. The lowest BCUT2D eigenvalue weighted by molar-refractivity contribution is 0.567. The molecule has 1 unspecified atom stereocenters. The molecule has 0 spiro atoms. The van der Waals surface area contributed by atoms with E-state index in [0.29, 0.717) is 0 Å². The van der Waals surface area contributed by atoms with Crippen molar-refractivity contribution in [1.82, 2.24) is 0 Å². The number of hydrogen-bond acceptors (Lipinski definition) is 3. The molecule has 0 aliphatic heterocycles. The van der Waals surface area contributed by atoms with Gasteiger partial charge in [0.05, 0.1) is 0 Å². The molecule has 0 aromatic heterocycles. The Kier molecular flexibility index (Phi) is 2.81. The fourth-order valence-corrected chi connectivity index (χ4v) is 5.92. The molecule has 0 aliphatic carbocycles. The molecule has 0 saturated carbocycles. The van der Waals surface area contributed by atoms with Crippen LogP contribution in [0.5, 0.6) is 0 Å². The molecule has 0 N–H and O–H groups in total. The Bertz CT molecular complexity index is 177. The molecule has 5 heteroatoms. The van der Waals surface area contributed by atoms with Crippen LogP contribution in [0.2, 0.25) is 19.6 Å². The predicted molar refractivity (Wildman–Crippen MR) is 45.9 cm³/mol. The quantitative estimate of drug-likeness (QED) is 0.602. The minimum Gasteiger partial charge on any atom is -0.335 e. The van der Waals surface area contributed by atoms with Crippen LogP contribution >= 0.6 is 0 Å². The zero-order chi connectivity index (χ0) is 7.71. The van der Waals surface area contributed by atoms with E-state index in [1.165, 1.54) is 6.26 Å².